The van der Waals surface area contributed by atoms with Crippen LogP contribution in [-0.2, 0) is 0 Å². The highest BCUT2D eigenvalue weighted by molar-refractivity contribution is 5.35. The highest BCUT2D eigenvalue weighted by Crippen LogP contribution is 2.28. The van der Waals surface area contributed by atoms with Gasteiger partial charge in [0.1, 0.15) is 11.9 Å². The van der Waals surface area contributed by atoms with E-state index < -0.39 is 11.9 Å². The lowest BCUT2D eigenvalue weighted by atomic mass is 10.1. The van der Waals surface area contributed by atoms with Crippen LogP contribution >= 0.6 is 0 Å². The topological polar surface area (TPSA) is 55.2 Å². The summed E-state index contributed by atoms with van der Waals surface area (Å²) < 4.78 is 18.9. The molecule has 0 aliphatic heterocycles. The number of aliphatic hydroxyl groups excluding tert-OH is 1. The second-order valence-corrected chi connectivity index (χ2v) is 3.79. The van der Waals surface area contributed by atoms with Gasteiger partial charge in [-0.25, -0.2) is 14.4 Å². The predicted molar refractivity (Wildman–Crippen MR) is 63.8 cm³/mol. The van der Waals surface area contributed by atoms with Crippen LogP contribution in [-0.4, -0.2) is 22.2 Å². The molecule has 5 heteroatoms. The molecule has 2 rings (SSSR count). The van der Waals surface area contributed by atoms with E-state index in [0.29, 0.717) is 11.5 Å². The van der Waals surface area contributed by atoms with E-state index in [2.05, 4.69) is 9.97 Å². The second-order valence-electron chi connectivity index (χ2n) is 3.79. The monoisotopic (exact) mass is 248 g/mol. The molecule has 0 spiro atoms. The Balaban J connectivity index is 2.43. The van der Waals surface area contributed by atoms with Crippen LogP contribution in [0, 0.1) is 12.7 Å². The molecule has 0 aliphatic carbocycles. The van der Waals surface area contributed by atoms with Gasteiger partial charge in [-0.05, 0) is 19.1 Å². The van der Waals surface area contributed by atoms with Gasteiger partial charge in [0, 0.05) is 11.8 Å². The summed E-state index contributed by atoms with van der Waals surface area (Å²) in [6.45, 7) is 1.71. The average Bonchev–Trinajstić information content (AvgIpc) is 2.38. The predicted octanol–water partition coefficient (Wildman–Crippen LogP) is 2.01. The lowest BCUT2D eigenvalue weighted by Gasteiger charge is -2.13. The number of ether oxygens (including phenoxy) is 1. The van der Waals surface area contributed by atoms with Crippen molar-refractivity contribution >= 4 is 0 Å². The molecular weight excluding hydrogens is 235 g/mol. The minimum absolute atomic E-state index is 0.0947. The van der Waals surface area contributed by atoms with E-state index in [-0.39, 0.29) is 11.3 Å². The molecule has 1 atom stereocenters. The number of rotatable bonds is 3. The zero-order valence-electron chi connectivity index (χ0n) is 10.1. The quantitative estimate of drug-likeness (QED) is 0.902. The molecule has 0 fully saturated rings. The molecule has 1 heterocycles. The van der Waals surface area contributed by atoms with Crippen LogP contribution < -0.4 is 4.74 Å². The maximum atomic E-state index is 14.0. The summed E-state index contributed by atoms with van der Waals surface area (Å²) in [7, 11) is 1.38. The maximum Gasteiger partial charge on any atom is 0.171 e. The number of aromatic nitrogens is 2. The van der Waals surface area contributed by atoms with E-state index in [0.717, 1.165) is 0 Å². The van der Waals surface area contributed by atoms with Gasteiger partial charge in [-0.2, -0.15) is 0 Å². The van der Waals surface area contributed by atoms with Crippen molar-refractivity contribution in [1.29, 1.82) is 0 Å². The van der Waals surface area contributed by atoms with Gasteiger partial charge in [0.15, 0.2) is 11.6 Å². The summed E-state index contributed by atoms with van der Waals surface area (Å²) in [6.07, 6.45) is 0.390. The van der Waals surface area contributed by atoms with E-state index in [1.807, 2.05) is 0 Å². The number of hydrogen-bond acceptors (Lipinski definition) is 4. The van der Waals surface area contributed by atoms with Crippen molar-refractivity contribution in [3.8, 4) is 5.75 Å². The van der Waals surface area contributed by atoms with Gasteiger partial charge in [0.05, 0.1) is 12.8 Å². The van der Waals surface area contributed by atoms with Crippen LogP contribution in [0.25, 0.3) is 0 Å². The number of halogens is 1. The molecular formula is C13H13FN2O2. The molecule has 0 radical (unpaired) electrons. The first kappa shape index (κ1) is 12.4. The first-order valence-electron chi connectivity index (χ1n) is 5.43. The van der Waals surface area contributed by atoms with Gasteiger partial charge in [-0.1, -0.05) is 12.1 Å². The SMILES string of the molecule is COc1cccc(C(O)c2ccnc(C)n2)c1F. The minimum Gasteiger partial charge on any atom is -0.494 e. The van der Waals surface area contributed by atoms with Crippen molar-refractivity contribution in [2.45, 2.75) is 13.0 Å². The Kier molecular flexibility index (Phi) is 3.53. The smallest absolute Gasteiger partial charge is 0.171 e. The van der Waals surface area contributed by atoms with Crippen molar-refractivity contribution in [1.82, 2.24) is 9.97 Å². The normalized spacial score (nSPS) is 12.2. The zero-order chi connectivity index (χ0) is 13.1. The Hall–Kier alpha value is -2.01. The number of aryl methyl sites for hydroxylation is 1. The average molecular weight is 248 g/mol. The Morgan fingerprint density at radius 1 is 1.33 bits per heavy atom. The molecule has 1 aromatic carbocycles. The second kappa shape index (κ2) is 5.10. The van der Waals surface area contributed by atoms with Crippen LogP contribution in [0.2, 0.25) is 0 Å². The van der Waals surface area contributed by atoms with Crippen molar-refractivity contribution in [2.75, 3.05) is 7.11 Å². The van der Waals surface area contributed by atoms with Crippen molar-refractivity contribution in [3.05, 3.63) is 53.4 Å². The molecule has 0 bridgehead atoms. The number of nitrogens with zero attached hydrogens (tertiary/aromatic N) is 2. The Bertz CT molecular complexity index is 560. The highest BCUT2D eigenvalue weighted by Gasteiger charge is 2.19. The summed E-state index contributed by atoms with van der Waals surface area (Å²) in [4.78, 5) is 8.01. The number of benzene rings is 1. The van der Waals surface area contributed by atoms with Crippen LogP contribution in [0.15, 0.2) is 30.5 Å². The zero-order valence-corrected chi connectivity index (χ0v) is 10.1. The molecule has 0 amide bonds. The standard InChI is InChI=1S/C13H13FN2O2/c1-8-15-7-6-10(16-8)13(17)9-4-3-5-11(18-2)12(9)14/h3-7,13,17H,1-2H3. The fraction of sp³-hybridized carbons (Fsp3) is 0.231. The Morgan fingerprint density at radius 3 is 2.78 bits per heavy atom. The molecule has 0 saturated carbocycles. The molecule has 1 aromatic heterocycles. The first-order valence-corrected chi connectivity index (χ1v) is 5.43. The van der Waals surface area contributed by atoms with Gasteiger partial charge in [0.2, 0.25) is 0 Å². The van der Waals surface area contributed by atoms with Crippen molar-refractivity contribution in [3.63, 3.8) is 0 Å². The molecule has 94 valence electrons. The van der Waals surface area contributed by atoms with Gasteiger partial charge in [-0.15, -0.1) is 0 Å². The third-order valence-electron chi connectivity index (χ3n) is 2.59. The summed E-state index contributed by atoms with van der Waals surface area (Å²) in [5, 5.41) is 10.1. The van der Waals surface area contributed by atoms with Crippen molar-refractivity contribution < 1.29 is 14.2 Å². The summed E-state index contributed by atoms with van der Waals surface area (Å²) in [6, 6.07) is 6.17. The third kappa shape index (κ3) is 2.31. The summed E-state index contributed by atoms with van der Waals surface area (Å²) in [5.41, 5.74) is 0.488. The molecule has 1 unspecified atom stereocenters. The molecule has 4 nitrogen and oxygen atoms in total. The van der Waals surface area contributed by atoms with E-state index in [1.165, 1.54) is 25.4 Å². The van der Waals surface area contributed by atoms with E-state index in [1.54, 1.807) is 19.1 Å². The summed E-state index contributed by atoms with van der Waals surface area (Å²) in [5.74, 6) is 0.0379. The fourth-order valence-corrected chi connectivity index (χ4v) is 1.68. The number of hydrogen-bond donors (Lipinski definition) is 1. The molecule has 18 heavy (non-hydrogen) atoms. The van der Waals surface area contributed by atoms with E-state index in [4.69, 9.17) is 4.74 Å². The van der Waals surface area contributed by atoms with Crippen LogP contribution in [0.3, 0.4) is 0 Å². The molecule has 1 N–H and O–H groups in total. The fourth-order valence-electron chi connectivity index (χ4n) is 1.68. The minimum atomic E-state index is -1.14. The number of methoxy groups -OCH3 is 1. The largest absolute Gasteiger partial charge is 0.494 e. The third-order valence-corrected chi connectivity index (χ3v) is 2.59. The lowest BCUT2D eigenvalue weighted by molar-refractivity contribution is 0.208. The van der Waals surface area contributed by atoms with Crippen LogP contribution in [0.1, 0.15) is 23.2 Å². The van der Waals surface area contributed by atoms with Crippen LogP contribution in [0.5, 0.6) is 5.75 Å². The first-order chi connectivity index (χ1) is 8.63. The van der Waals surface area contributed by atoms with Gasteiger partial charge >= 0.3 is 0 Å². The van der Waals surface area contributed by atoms with E-state index in [9.17, 15) is 9.50 Å². The molecule has 2 aromatic rings. The number of aliphatic hydroxyl groups is 1. The van der Waals surface area contributed by atoms with Gasteiger partial charge in [-0.3, -0.25) is 0 Å². The van der Waals surface area contributed by atoms with Gasteiger partial charge < -0.3 is 9.84 Å². The van der Waals surface area contributed by atoms with Crippen LogP contribution in [0.4, 0.5) is 4.39 Å². The summed E-state index contributed by atoms with van der Waals surface area (Å²) >= 11 is 0. The van der Waals surface area contributed by atoms with Gasteiger partial charge in [0.25, 0.3) is 0 Å². The highest BCUT2D eigenvalue weighted by atomic mass is 19.1. The molecule has 0 saturated heterocycles. The van der Waals surface area contributed by atoms with Crippen molar-refractivity contribution in [2.24, 2.45) is 0 Å². The lowest BCUT2D eigenvalue weighted by Crippen LogP contribution is -2.07. The Morgan fingerprint density at radius 2 is 2.11 bits per heavy atom. The van der Waals surface area contributed by atoms with E-state index >= 15 is 0 Å². The Labute approximate surface area is 104 Å². The molecule has 0 aliphatic rings. The maximum absolute atomic E-state index is 14.0.